The van der Waals surface area contributed by atoms with Crippen LogP contribution < -0.4 is 11.5 Å². The number of hydrogen-bond donors (Lipinski definition) is 2. The third-order valence-corrected chi connectivity index (χ3v) is 3.78. The minimum Gasteiger partial charge on any atom is -0.368 e. The van der Waals surface area contributed by atoms with Gasteiger partial charge in [-0.2, -0.15) is 0 Å². The Kier molecular flexibility index (Phi) is 5.31. The van der Waals surface area contributed by atoms with E-state index in [4.69, 9.17) is 23.1 Å². The van der Waals surface area contributed by atoms with Gasteiger partial charge in [-0.25, -0.2) is 0 Å². The lowest BCUT2D eigenvalue weighted by atomic mass is 9.97. The molecule has 1 atom stereocenters. The number of thioether (sulfide) groups is 1. The van der Waals surface area contributed by atoms with Crippen molar-refractivity contribution in [1.82, 2.24) is 0 Å². The Morgan fingerprint density at radius 1 is 1.53 bits per heavy atom. The Bertz CT molecular complexity index is 396. The van der Waals surface area contributed by atoms with Crippen molar-refractivity contribution < 1.29 is 4.79 Å². The number of nitrogens with two attached hydrogens (primary N) is 2. The summed E-state index contributed by atoms with van der Waals surface area (Å²) in [6, 6.07) is 7.69. The molecule has 1 amide bonds. The van der Waals surface area contributed by atoms with Crippen molar-refractivity contribution in [2.75, 3.05) is 5.75 Å². The highest BCUT2D eigenvalue weighted by molar-refractivity contribution is 7.99. The standard InChI is InChI=1S/C12H17ClN2OS/c1-12(15,11(14)16)6-3-7-17-10-5-2-4-9(13)8-10/h2,4-5,8H,3,6-7,15H2,1H3,(H2,14,16). The highest BCUT2D eigenvalue weighted by Gasteiger charge is 2.24. The van der Waals surface area contributed by atoms with E-state index < -0.39 is 11.4 Å². The van der Waals surface area contributed by atoms with E-state index in [1.165, 1.54) is 0 Å². The van der Waals surface area contributed by atoms with Crippen molar-refractivity contribution in [3.05, 3.63) is 29.3 Å². The van der Waals surface area contributed by atoms with Crippen molar-refractivity contribution in [2.24, 2.45) is 11.5 Å². The van der Waals surface area contributed by atoms with Crippen LogP contribution in [0.3, 0.4) is 0 Å². The lowest BCUT2D eigenvalue weighted by molar-refractivity contribution is -0.122. The van der Waals surface area contributed by atoms with Crippen molar-refractivity contribution in [2.45, 2.75) is 30.2 Å². The van der Waals surface area contributed by atoms with Crippen molar-refractivity contribution >= 4 is 29.3 Å². The van der Waals surface area contributed by atoms with E-state index in [1.807, 2.05) is 24.3 Å². The molecule has 0 aliphatic carbocycles. The number of amides is 1. The fraction of sp³-hybridized carbons (Fsp3) is 0.417. The van der Waals surface area contributed by atoms with Gasteiger partial charge in [0.05, 0.1) is 5.54 Å². The molecule has 0 bridgehead atoms. The van der Waals surface area contributed by atoms with Gasteiger partial charge in [-0.15, -0.1) is 11.8 Å². The molecule has 0 spiro atoms. The van der Waals surface area contributed by atoms with Gasteiger partial charge in [-0.05, 0) is 43.7 Å². The van der Waals surface area contributed by atoms with Crippen molar-refractivity contribution in [1.29, 1.82) is 0 Å². The first-order valence-corrected chi connectivity index (χ1v) is 6.75. The van der Waals surface area contributed by atoms with Crippen molar-refractivity contribution in [3.63, 3.8) is 0 Å². The van der Waals surface area contributed by atoms with Gasteiger partial charge in [0, 0.05) is 9.92 Å². The van der Waals surface area contributed by atoms with Crippen LogP contribution in [0.1, 0.15) is 19.8 Å². The van der Waals surface area contributed by atoms with Crippen LogP contribution >= 0.6 is 23.4 Å². The van der Waals surface area contributed by atoms with Gasteiger partial charge in [0.15, 0.2) is 0 Å². The van der Waals surface area contributed by atoms with Crippen LogP contribution in [0, 0.1) is 0 Å². The predicted molar refractivity (Wildman–Crippen MR) is 73.2 cm³/mol. The predicted octanol–water partition coefficient (Wildman–Crippen LogP) is 2.42. The Labute approximate surface area is 111 Å². The zero-order chi connectivity index (χ0) is 12.9. The van der Waals surface area contributed by atoms with E-state index in [-0.39, 0.29) is 0 Å². The normalized spacial score (nSPS) is 14.3. The van der Waals surface area contributed by atoms with Crippen molar-refractivity contribution in [3.8, 4) is 0 Å². The topological polar surface area (TPSA) is 69.1 Å². The summed E-state index contributed by atoms with van der Waals surface area (Å²) in [4.78, 5) is 12.1. The number of halogens is 1. The van der Waals surface area contributed by atoms with Gasteiger partial charge in [0.1, 0.15) is 0 Å². The van der Waals surface area contributed by atoms with Gasteiger partial charge in [0.25, 0.3) is 0 Å². The third-order valence-electron chi connectivity index (χ3n) is 2.47. The van der Waals surface area contributed by atoms with Crippen LogP contribution in [0.4, 0.5) is 0 Å². The monoisotopic (exact) mass is 272 g/mol. The second-order valence-electron chi connectivity index (χ2n) is 4.19. The Balaban J connectivity index is 2.32. The molecule has 1 rings (SSSR count). The summed E-state index contributed by atoms with van der Waals surface area (Å²) in [5.74, 6) is 0.436. The van der Waals surface area contributed by atoms with Crippen LogP contribution in [0.5, 0.6) is 0 Å². The first kappa shape index (κ1) is 14.4. The molecular weight excluding hydrogens is 256 g/mol. The maximum Gasteiger partial charge on any atom is 0.237 e. The fourth-order valence-corrected chi connectivity index (χ4v) is 2.47. The van der Waals surface area contributed by atoms with Gasteiger partial charge in [-0.3, -0.25) is 4.79 Å². The van der Waals surface area contributed by atoms with Gasteiger partial charge < -0.3 is 11.5 Å². The summed E-state index contributed by atoms with van der Waals surface area (Å²) in [7, 11) is 0. The first-order valence-electron chi connectivity index (χ1n) is 5.39. The van der Waals surface area contributed by atoms with E-state index >= 15 is 0 Å². The van der Waals surface area contributed by atoms with Crippen LogP contribution in [-0.2, 0) is 4.79 Å². The largest absolute Gasteiger partial charge is 0.368 e. The first-order chi connectivity index (χ1) is 7.92. The molecule has 0 saturated heterocycles. The van der Waals surface area contributed by atoms with Crippen LogP contribution in [0.25, 0.3) is 0 Å². The summed E-state index contributed by atoms with van der Waals surface area (Å²) in [5.41, 5.74) is 10.0. The molecule has 0 aromatic heterocycles. The van der Waals surface area contributed by atoms with E-state index in [1.54, 1.807) is 18.7 Å². The molecule has 0 radical (unpaired) electrons. The number of carbonyl (C=O) groups is 1. The minimum atomic E-state index is -0.908. The lowest BCUT2D eigenvalue weighted by Crippen LogP contribution is -2.49. The molecule has 3 nitrogen and oxygen atoms in total. The van der Waals surface area contributed by atoms with E-state index in [0.717, 1.165) is 22.1 Å². The zero-order valence-corrected chi connectivity index (χ0v) is 11.4. The molecule has 5 heteroatoms. The molecule has 0 aliphatic rings. The van der Waals surface area contributed by atoms with Gasteiger partial charge in [-0.1, -0.05) is 17.7 Å². The molecule has 1 aromatic rings. The quantitative estimate of drug-likeness (QED) is 0.617. The summed E-state index contributed by atoms with van der Waals surface area (Å²) in [6.45, 7) is 1.67. The van der Waals surface area contributed by atoms with Gasteiger partial charge >= 0.3 is 0 Å². The second-order valence-corrected chi connectivity index (χ2v) is 5.80. The maximum absolute atomic E-state index is 11.0. The molecule has 94 valence electrons. The average Bonchev–Trinajstić information content (AvgIpc) is 2.24. The molecule has 0 heterocycles. The van der Waals surface area contributed by atoms with Crippen LogP contribution in [-0.4, -0.2) is 17.2 Å². The Morgan fingerprint density at radius 3 is 2.82 bits per heavy atom. The second kappa shape index (κ2) is 6.28. The highest BCUT2D eigenvalue weighted by atomic mass is 35.5. The number of carbonyl (C=O) groups excluding carboxylic acids is 1. The number of primary amides is 1. The molecule has 0 fully saturated rings. The van der Waals surface area contributed by atoms with Crippen LogP contribution in [0.15, 0.2) is 29.2 Å². The summed E-state index contributed by atoms with van der Waals surface area (Å²) in [5, 5.41) is 0.732. The van der Waals surface area contributed by atoms with E-state index in [2.05, 4.69) is 0 Å². The molecule has 4 N–H and O–H groups in total. The smallest absolute Gasteiger partial charge is 0.237 e. The van der Waals surface area contributed by atoms with Crippen LogP contribution in [0.2, 0.25) is 5.02 Å². The minimum absolute atomic E-state index is 0.453. The number of hydrogen-bond acceptors (Lipinski definition) is 3. The van der Waals surface area contributed by atoms with E-state index in [0.29, 0.717) is 6.42 Å². The molecule has 1 unspecified atom stereocenters. The summed E-state index contributed by atoms with van der Waals surface area (Å²) in [6.07, 6.45) is 1.43. The fourth-order valence-electron chi connectivity index (χ4n) is 1.31. The molecule has 1 aromatic carbocycles. The van der Waals surface area contributed by atoms with E-state index in [9.17, 15) is 4.79 Å². The Hall–Kier alpha value is -0.710. The average molecular weight is 273 g/mol. The maximum atomic E-state index is 11.0. The number of benzene rings is 1. The molecular formula is C12H17ClN2OS. The zero-order valence-electron chi connectivity index (χ0n) is 9.78. The highest BCUT2D eigenvalue weighted by Crippen LogP contribution is 2.23. The number of rotatable bonds is 6. The molecule has 17 heavy (non-hydrogen) atoms. The molecule has 0 saturated carbocycles. The SMILES string of the molecule is CC(N)(CCCSc1cccc(Cl)c1)C(N)=O. The Morgan fingerprint density at radius 2 is 2.24 bits per heavy atom. The third kappa shape index (κ3) is 4.98. The van der Waals surface area contributed by atoms with Gasteiger partial charge in [0.2, 0.25) is 5.91 Å². The summed E-state index contributed by atoms with van der Waals surface area (Å²) >= 11 is 7.57. The summed E-state index contributed by atoms with van der Waals surface area (Å²) < 4.78 is 0. The molecule has 0 aliphatic heterocycles. The lowest BCUT2D eigenvalue weighted by Gasteiger charge is -2.19.